The van der Waals surface area contributed by atoms with Crippen LogP contribution in [0, 0.1) is 11.8 Å². The normalized spacial score (nSPS) is 18.4. The summed E-state index contributed by atoms with van der Waals surface area (Å²) >= 11 is 0. The fraction of sp³-hybridized carbons (Fsp3) is 0.154. The van der Waals surface area contributed by atoms with Gasteiger partial charge in [-0.05, 0) is 12.1 Å². The summed E-state index contributed by atoms with van der Waals surface area (Å²) in [5, 5.41) is 0. The molecule has 0 spiro atoms. The molecule has 0 bridgehead atoms. The van der Waals surface area contributed by atoms with Crippen LogP contribution in [0.3, 0.4) is 0 Å². The molecule has 16 heavy (non-hydrogen) atoms. The first-order valence-corrected chi connectivity index (χ1v) is 4.81. The summed E-state index contributed by atoms with van der Waals surface area (Å²) in [6, 6.07) is 9.52. The molecule has 0 saturated carbocycles. The lowest BCUT2D eigenvalue weighted by atomic mass is 10.2. The molecule has 3 heteroatoms. The van der Waals surface area contributed by atoms with E-state index >= 15 is 0 Å². The second-order valence-corrected chi connectivity index (χ2v) is 3.22. The molecule has 0 N–H and O–H groups in total. The van der Waals surface area contributed by atoms with Crippen LogP contribution in [0.15, 0.2) is 42.0 Å². The highest BCUT2D eigenvalue weighted by Crippen LogP contribution is 2.15. The Morgan fingerprint density at radius 1 is 1.25 bits per heavy atom. The number of carbonyl (C=O) groups is 1. The summed E-state index contributed by atoms with van der Waals surface area (Å²) in [5.74, 6) is 5.40. The van der Waals surface area contributed by atoms with Gasteiger partial charge >= 0.3 is 5.97 Å². The maximum absolute atomic E-state index is 11.0. The van der Waals surface area contributed by atoms with Gasteiger partial charge in [0.25, 0.3) is 0 Å². The summed E-state index contributed by atoms with van der Waals surface area (Å²) in [4.78, 5) is 11.0. The minimum atomic E-state index is -0.663. The smallest absolute Gasteiger partial charge is 0.334 e. The van der Waals surface area contributed by atoms with Crippen LogP contribution in [0.25, 0.3) is 0 Å². The van der Waals surface area contributed by atoms with E-state index in [0.29, 0.717) is 5.57 Å². The van der Waals surface area contributed by atoms with E-state index in [4.69, 9.17) is 9.47 Å². The van der Waals surface area contributed by atoms with Crippen molar-refractivity contribution < 1.29 is 14.3 Å². The van der Waals surface area contributed by atoms with Gasteiger partial charge in [0.2, 0.25) is 6.29 Å². The van der Waals surface area contributed by atoms with Gasteiger partial charge in [-0.1, -0.05) is 30.0 Å². The average molecular weight is 214 g/mol. The fourth-order valence-electron chi connectivity index (χ4n) is 1.33. The van der Waals surface area contributed by atoms with E-state index in [9.17, 15) is 4.79 Å². The number of hydrogen-bond acceptors (Lipinski definition) is 3. The molecule has 1 aliphatic rings. The Bertz CT molecular complexity index is 477. The molecule has 1 aliphatic heterocycles. The maximum Gasteiger partial charge on any atom is 0.334 e. The lowest BCUT2D eigenvalue weighted by Crippen LogP contribution is -2.12. The molecule has 2 rings (SSSR count). The van der Waals surface area contributed by atoms with Crippen LogP contribution in [0.2, 0.25) is 0 Å². The van der Waals surface area contributed by atoms with Crippen molar-refractivity contribution in [3.8, 4) is 11.8 Å². The predicted octanol–water partition coefficient (Wildman–Crippen LogP) is 1.49. The summed E-state index contributed by atoms with van der Waals surface area (Å²) in [7, 11) is 1.47. The van der Waals surface area contributed by atoms with E-state index in [1.165, 1.54) is 13.2 Å². The number of ether oxygens (including phenoxy) is 2. The second-order valence-electron chi connectivity index (χ2n) is 3.22. The molecule has 3 nitrogen and oxygen atoms in total. The third-order valence-electron chi connectivity index (χ3n) is 2.09. The molecule has 0 saturated heterocycles. The highest BCUT2D eigenvalue weighted by molar-refractivity contribution is 5.87. The van der Waals surface area contributed by atoms with E-state index in [-0.39, 0.29) is 0 Å². The topological polar surface area (TPSA) is 35.5 Å². The third kappa shape index (κ3) is 2.30. The molecule has 1 atom stereocenters. The molecule has 0 fully saturated rings. The van der Waals surface area contributed by atoms with Gasteiger partial charge < -0.3 is 9.47 Å². The van der Waals surface area contributed by atoms with Gasteiger partial charge in [0, 0.05) is 18.7 Å². The van der Waals surface area contributed by atoms with Crippen molar-refractivity contribution in [1.82, 2.24) is 0 Å². The molecule has 0 amide bonds. The number of carbonyl (C=O) groups excluding carboxylic acids is 1. The molecule has 80 valence electrons. The van der Waals surface area contributed by atoms with Gasteiger partial charge in [-0.2, -0.15) is 0 Å². The number of rotatable bonds is 1. The fourth-order valence-corrected chi connectivity index (χ4v) is 1.33. The number of esters is 1. The minimum Gasteiger partial charge on any atom is -0.427 e. The zero-order valence-electron chi connectivity index (χ0n) is 8.77. The molecule has 1 aromatic carbocycles. The van der Waals surface area contributed by atoms with E-state index in [0.717, 1.165) is 5.56 Å². The van der Waals surface area contributed by atoms with E-state index in [1.807, 2.05) is 30.3 Å². The van der Waals surface area contributed by atoms with Crippen molar-refractivity contribution in [2.45, 2.75) is 6.29 Å². The van der Waals surface area contributed by atoms with Crippen molar-refractivity contribution in [2.75, 3.05) is 7.11 Å². The monoisotopic (exact) mass is 214 g/mol. The van der Waals surface area contributed by atoms with E-state index < -0.39 is 12.3 Å². The number of methoxy groups -OCH3 is 1. The second kappa shape index (κ2) is 4.65. The quantitative estimate of drug-likeness (QED) is 0.525. The molecule has 1 heterocycles. The van der Waals surface area contributed by atoms with Crippen molar-refractivity contribution in [3.63, 3.8) is 0 Å². The number of benzene rings is 1. The van der Waals surface area contributed by atoms with Crippen LogP contribution in [-0.4, -0.2) is 19.4 Å². The van der Waals surface area contributed by atoms with Crippen molar-refractivity contribution in [2.24, 2.45) is 0 Å². The molecule has 1 unspecified atom stereocenters. The Morgan fingerprint density at radius 3 is 2.69 bits per heavy atom. The van der Waals surface area contributed by atoms with Crippen LogP contribution in [0.4, 0.5) is 0 Å². The average Bonchev–Trinajstić information content (AvgIpc) is 2.68. The van der Waals surface area contributed by atoms with Gasteiger partial charge in [-0.3, -0.25) is 0 Å². The summed E-state index contributed by atoms with van der Waals surface area (Å²) < 4.78 is 9.82. The van der Waals surface area contributed by atoms with Crippen LogP contribution in [-0.2, 0) is 14.3 Å². The predicted molar refractivity (Wildman–Crippen MR) is 58.3 cm³/mol. The zero-order valence-corrected chi connectivity index (χ0v) is 8.77. The third-order valence-corrected chi connectivity index (χ3v) is 2.09. The lowest BCUT2D eigenvalue weighted by Gasteiger charge is -2.06. The van der Waals surface area contributed by atoms with Crippen molar-refractivity contribution in [3.05, 3.63) is 47.5 Å². The van der Waals surface area contributed by atoms with Gasteiger partial charge in [-0.15, -0.1) is 0 Å². The standard InChI is InChI=1S/C13H10O3/c1-15-13-11(9-12(14)16-13)8-7-10-5-3-2-4-6-10/h2-6,9,13H,1H3. The largest absolute Gasteiger partial charge is 0.427 e. The van der Waals surface area contributed by atoms with Crippen molar-refractivity contribution >= 4 is 5.97 Å². The van der Waals surface area contributed by atoms with Gasteiger partial charge in [0.1, 0.15) is 0 Å². The first-order valence-electron chi connectivity index (χ1n) is 4.81. The van der Waals surface area contributed by atoms with Crippen LogP contribution in [0.5, 0.6) is 0 Å². The summed E-state index contributed by atoms with van der Waals surface area (Å²) in [6.45, 7) is 0. The Morgan fingerprint density at radius 2 is 2.00 bits per heavy atom. The first-order chi connectivity index (χ1) is 7.79. The summed E-state index contributed by atoms with van der Waals surface area (Å²) in [6.07, 6.45) is 0.688. The molecule has 0 aromatic heterocycles. The Kier molecular flexibility index (Phi) is 3.04. The first kappa shape index (κ1) is 10.5. The Balaban J connectivity index is 2.19. The molecule has 0 aliphatic carbocycles. The molecular formula is C13H10O3. The lowest BCUT2D eigenvalue weighted by molar-refractivity contribution is -0.154. The van der Waals surface area contributed by atoms with Gasteiger partial charge in [0.05, 0.1) is 5.57 Å². The van der Waals surface area contributed by atoms with E-state index in [1.54, 1.807) is 0 Å². The molecule has 0 radical (unpaired) electrons. The summed E-state index contributed by atoms with van der Waals surface area (Å²) in [5.41, 5.74) is 1.44. The number of hydrogen-bond donors (Lipinski definition) is 0. The van der Waals surface area contributed by atoms with Gasteiger partial charge in [0.15, 0.2) is 0 Å². The van der Waals surface area contributed by atoms with Gasteiger partial charge in [-0.25, -0.2) is 4.79 Å². The van der Waals surface area contributed by atoms with E-state index in [2.05, 4.69) is 11.8 Å². The van der Waals surface area contributed by atoms with Crippen LogP contribution in [0.1, 0.15) is 5.56 Å². The van der Waals surface area contributed by atoms with Crippen LogP contribution < -0.4 is 0 Å². The molecular weight excluding hydrogens is 204 g/mol. The minimum absolute atomic E-state index is 0.413. The number of cyclic esters (lactones) is 1. The maximum atomic E-state index is 11.0. The highest BCUT2D eigenvalue weighted by Gasteiger charge is 2.24. The SMILES string of the molecule is COC1OC(=O)C=C1C#Cc1ccccc1. The van der Waals surface area contributed by atoms with Crippen molar-refractivity contribution in [1.29, 1.82) is 0 Å². The Hall–Kier alpha value is -2.05. The Labute approximate surface area is 93.7 Å². The van der Waals surface area contributed by atoms with Crippen LogP contribution >= 0.6 is 0 Å². The molecule has 1 aromatic rings. The zero-order chi connectivity index (χ0) is 11.4. The highest BCUT2D eigenvalue weighted by atomic mass is 16.7.